The number of phenolic OH excluding ortho intramolecular Hbond substituents is 1. The summed E-state index contributed by atoms with van der Waals surface area (Å²) in [4.78, 5) is 11.7. The van der Waals surface area contributed by atoms with E-state index in [2.05, 4.69) is 10.6 Å². The number of carbonyl (C=O) groups is 1. The molecule has 0 aliphatic heterocycles. The Bertz CT molecular complexity index is 629. The second-order valence-corrected chi connectivity index (χ2v) is 4.40. The lowest BCUT2D eigenvalue weighted by Crippen LogP contribution is -2.28. The number of phenols is 1. The molecule has 0 fully saturated rings. The molecule has 2 amide bonds. The van der Waals surface area contributed by atoms with Crippen LogP contribution in [0.25, 0.3) is 0 Å². The second kappa shape index (κ2) is 6.06. The van der Waals surface area contributed by atoms with E-state index in [1.54, 1.807) is 0 Å². The van der Waals surface area contributed by atoms with Crippen LogP contribution in [0, 0.1) is 12.7 Å². The number of rotatable bonds is 3. The fraction of sp³-hybridized carbons (Fsp3) is 0.133. The molecule has 20 heavy (non-hydrogen) atoms. The van der Waals surface area contributed by atoms with Gasteiger partial charge in [-0.25, -0.2) is 9.18 Å². The highest BCUT2D eigenvalue weighted by molar-refractivity contribution is 5.89. The molecule has 4 nitrogen and oxygen atoms in total. The number of hydrogen-bond donors (Lipinski definition) is 3. The van der Waals surface area contributed by atoms with Crippen molar-refractivity contribution in [2.24, 2.45) is 0 Å². The second-order valence-electron chi connectivity index (χ2n) is 4.40. The first-order valence-corrected chi connectivity index (χ1v) is 6.14. The average Bonchev–Trinajstić information content (AvgIpc) is 2.42. The van der Waals surface area contributed by atoms with E-state index in [4.69, 9.17) is 5.11 Å². The molecule has 0 spiro atoms. The van der Waals surface area contributed by atoms with Crippen molar-refractivity contribution >= 4 is 11.7 Å². The molecule has 0 aromatic heterocycles. The number of anilines is 1. The summed E-state index contributed by atoms with van der Waals surface area (Å²) in [5.41, 5.74) is 2.38. The molecule has 5 heteroatoms. The molecule has 0 aliphatic carbocycles. The summed E-state index contributed by atoms with van der Waals surface area (Å²) >= 11 is 0. The Morgan fingerprint density at radius 3 is 2.70 bits per heavy atom. The lowest BCUT2D eigenvalue weighted by Gasteiger charge is -2.09. The number of benzene rings is 2. The number of nitrogens with one attached hydrogen (secondary N) is 2. The summed E-state index contributed by atoms with van der Waals surface area (Å²) in [5, 5.41) is 14.2. The van der Waals surface area contributed by atoms with E-state index in [0.717, 1.165) is 17.2 Å². The maximum Gasteiger partial charge on any atom is 0.319 e. The quantitative estimate of drug-likeness (QED) is 0.753. The third kappa shape index (κ3) is 3.47. The Kier molecular flexibility index (Phi) is 4.20. The average molecular weight is 274 g/mol. The van der Waals surface area contributed by atoms with Gasteiger partial charge in [-0.2, -0.15) is 0 Å². The molecule has 3 N–H and O–H groups in total. The van der Waals surface area contributed by atoms with Gasteiger partial charge in [-0.15, -0.1) is 0 Å². The fourth-order valence-corrected chi connectivity index (χ4v) is 1.74. The van der Waals surface area contributed by atoms with Gasteiger partial charge in [-0.05, 0) is 30.2 Å². The molecular formula is C15H15FN2O2. The molecule has 104 valence electrons. The van der Waals surface area contributed by atoms with Gasteiger partial charge in [0.1, 0.15) is 0 Å². The molecule has 0 aliphatic rings. The Morgan fingerprint density at radius 2 is 2.00 bits per heavy atom. The van der Waals surface area contributed by atoms with Crippen molar-refractivity contribution in [3.05, 3.63) is 59.4 Å². The van der Waals surface area contributed by atoms with Crippen molar-refractivity contribution in [1.82, 2.24) is 5.32 Å². The van der Waals surface area contributed by atoms with Crippen molar-refractivity contribution < 1.29 is 14.3 Å². The number of amides is 2. The highest BCUT2D eigenvalue weighted by atomic mass is 19.1. The van der Waals surface area contributed by atoms with E-state index >= 15 is 0 Å². The highest BCUT2D eigenvalue weighted by Crippen LogP contribution is 2.19. The van der Waals surface area contributed by atoms with Gasteiger partial charge in [0.25, 0.3) is 0 Å². The fourth-order valence-electron chi connectivity index (χ4n) is 1.74. The van der Waals surface area contributed by atoms with Crippen LogP contribution in [0.3, 0.4) is 0 Å². The summed E-state index contributed by atoms with van der Waals surface area (Å²) < 4.78 is 13.1. The molecule has 0 saturated carbocycles. The third-order valence-electron chi connectivity index (χ3n) is 2.91. The van der Waals surface area contributed by atoms with Crippen molar-refractivity contribution in [2.75, 3.05) is 5.32 Å². The Hall–Kier alpha value is -2.56. The monoisotopic (exact) mass is 274 g/mol. The maximum absolute atomic E-state index is 13.1. The Morgan fingerprint density at radius 1 is 1.25 bits per heavy atom. The predicted molar refractivity (Wildman–Crippen MR) is 75.1 cm³/mol. The first-order valence-electron chi connectivity index (χ1n) is 6.14. The normalized spacial score (nSPS) is 10.1. The summed E-state index contributed by atoms with van der Waals surface area (Å²) in [6.07, 6.45) is 0. The zero-order valence-corrected chi connectivity index (χ0v) is 11.0. The van der Waals surface area contributed by atoms with Crippen LogP contribution in [-0.2, 0) is 6.54 Å². The largest absolute Gasteiger partial charge is 0.505 e. The summed E-state index contributed by atoms with van der Waals surface area (Å²) in [5.74, 6) is -1.22. The van der Waals surface area contributed by atoms with E-state index in [0.29, 0.717) is 6.54 Å². The van der Waals surface area contributed by atoms with Gasteiger partial charge in [0.05, 0.1) is 0 Å². The lowest BCUT2D eigenvalue weighted by atomic mass is 10.1. The van der Waals surface area contributed by atoms with Crippen LogP contribution in [0.2, 0.25) is 0 Å². The molecule has 0 unspecified atom stereocenters. The van der Waals surface area contributed by atoms with E-state index in [1.165, 1.54) is 12.1 Å². The number of halogens is 1. The SMILES string of the molecule is Cc1ccccc1CNC(=O)Nc1ccc(O)c(F)c1. The van der Waals surface area contributed by atoms with Crippen LogP contribution < -0.4 is 10.6 Å². The van der Waals surface area contributed by atoms with Gasteiger partial charge in [-0.1, -0.05) is 24.3 Å². The van der Waals surface area contributed by atoms with E-state index < -0.39 is 17.6 Å². The first-order chi connectivity index (χ1) is 9.56. The lowest BCUT2D eigenvalue weighted by molar-refractivity contribution is 0.251. The van der Waals surface area contributed by atoms with Crippen LogP contribution in [0.4, 0.5) is 14.9 Å². The van der Waals surface area contributed by atoms with Gasteiger partial charge in [0.2, 0.25) is 0 Å². The zero-order valence-electron chi connectivity index (χ0n) is 11.0. The summed E-state index contributed by atoms with van der Waals surface area (Å²) in [7, 11) is 0. The maximum atomic E-state index is 13.1. The minimum absolute atomic E-state index is 0.280. The van der Waals surface area contributed by atoms with E-state index in [-0.39, 0.29) is 5.69 Å². The summed E-state index contributed by atoms with van der Waals surface area (Å²) in [6, 6.07) is 11.0. The number of carbonyl (C=O) groups excluding carboxylic acids is 1. The van der Waals surface area contributed by atoms with Crippen LogP contribution in [0.5, 0.6) is 5.75 Å². The van der Waals surface area contributed by atoms with Crippen LogP contribution in [-0.4, -0.2) is 11.1 Å². The topological polar surface area (TPSA) is 61.4 Å². The minimum atomic E-state index is -0.776. The third-order valence-corrected chi connectivity index (χ3v) is 2.91. The number of aromatic hydroxyl groups is 1. The van der Waals surface area contributed by atoms with Crippen LogP contribution >= 0.6 is 0 Å². The Balaban J connectivity index is 1.93. The van der Waals surface area contributed by atoms with E-state index in [9.17, 15) is 9.18 Å². The van der Waals surface area contributed by atoms with Gasteiger partial charge < -0.3 is 15.7 Å². The van der Waals surface area contributed by atoms with Gasteiger partial charge in [0, 0.05) is 18.3 Å². The van der Waals surface area contributed by atoms with Gasteiger partial charge >= 0.3 is 6.03 Å². The number of aryl methyl sites for hydroxylation is 1. The van der Waals surface area contributed by atoms with Crippen molar-refractivity contribution in [1.29, 1.82) is 0 Å². The van der Waals surface area contributed by atoms with Crippen molar-refractivity contribution in [2.45, 2.75) is 13.5 Å². The Labute approximate surface area is 116 Å². The molecule has 0 heterocycles. The predicted octanol–water partition coefficient (Wildman–Crippen LogP) is 3.16. The first kappa shape index (κ1) is 13.9. The highest BCUT2D eigenvalue weighted by Gasteiger charge is 2.06. The standard InChI is InChI=1S/C15H15FN2O2/c1-10-4-2-3-5-11(10)9-17-15(20)18-12-6-7-14(19)13(16)8-12/h2-8,19H,9H2,1H3,(H2,17,18,20). The molecule has 2 aromatic rings. The molecule has 2 rings (SSSR count). The number of urea groups is 1. The minimum Gasteiger partial charge on any atom is -0.505 e. The number of hydrogen-bond acceptors (Lipinski definition) is 2. The van der Waals surface area contributed by atoms with Crippen LogP contribution in [0.15, 0.2) is 42.5 Å². The van der Waals surface area contributed by atoms with Crippen molar-refractivity contribution in [3.63, 3.8) is 0 Å². The molecule has 0 atom stereocenters. The van der Waals surface area contributed by atoms with Gasteiger partial charge in [-0.3, -0.25) is 0 Å². The molecule has 0 radical (unpaired) electrons. The molecule has 0 saturated heterocycles. The van der Waals surface area contributed by atoms with E-state index in [1.807, 2.05) is 31.2 Å². The zero-order chi connectivity index (χ0) is 14.5. The van der Waals surface area contributed by atoms with Crippen LogP contribution in [0.1, 0.15) is 11.1 Å². The summed E-state index contributed by atoms with van der Waals surface area (Å²) in [6.45, 7) is 2.35. The van der Waals surface area contributed by atoms with Gasteiger partial charge in [0.15, 0.2) is 11.6 Å². The molecular weight excluding hydrogens is 259 g/mol. The van der Waals surface area contributed by atoms with Crippen molar-refractivity contribution in [3.8, 4) is 5.75 Å². The molecule has 2 aromatic carbocycles. The smallest absolute Gasteiger partial charge is 0.319 e. The molecule has 0 bridgehead atoms.